The predicted molar refractivity (Wildman–Crippen MR) is 86.5 cm³/mol. The second kappa shape index (κ2) is 7.46. The normalized spacial score (nSPS) is 25.2. The van der Waals surface area contributed by atoms with Gasteiger partial charge in [0, 0.05) is 45.8 Å². The molecular weight excluding hydrogens is 320 g/mol. The molecule has 8 heteroatoms. The number of carbonyl (C=O) groups is 1. The number of hydrogen-bond donors (Lipinski definition) is 0. The Hall–Kier alpha value is -0.700. The van der Waals surface area contributed by atoms with Crippen molar-refractivity contribution >= 4 is 15.9 Å². The highest BCUT2D eigenvalue weighted by Crippen LogP contribution is 2.45. The van der Waals surface area contributed by atoms with E-state index in [1.54, 1.807) is 11.4 Å². The summed E-state index contributed by atoms with van der Waals surface area (Å²) in [4.78, 5) is 13.9. The van der Waals surface area contributed by atoms with Crippen molar-refractivity contribution in [2.24, 2.45) is 11.3 Å². The Bertz CT molecular complexity index is 514. The monoisotopic (exact) mass is 348 g/mol. The van der Waals surface area contributed by atoms with E-state index in [1.165, 1.54) is 6.26 Å². The molecule has 0 bridgehead atoms. The molecule has 0 aromatic carbocycles. The molecule has 2 fully saturated rings. The summed E-state index contributed by atoms with van der Waals surface area (Å²) in [7, 11) is -1.54. The highest BCUT2D eigenvalue weighted by Gasteiger charge is 2.50. The largest absolute Gasteiger partial charge is 0.384 e. The van der Waals surface area contributed by atoms with Gasteiger partial charge in [0.15, 0.2) is 0 Å². The highest BCUT2D eigenvalue weighted by atomic mass is 32.2. The number of nitrogens with zero attached hydrogens (tertiary/aromatic N) is 2. The van der Waals surface area contributed by atoms with Gasteiger partial charge in [0.25, 0.3) is 0 Å². The van der Waals surface area contributed by atoms with Crippen molar-refractivity contribution in [3.8, 4) is 0 Å². The summed E-state index contributed by atoms with van der Waals surface area (Å²) in [5.74, 6) is 0.203. The van der Waals surface area contributed by atoms with Crippen LogP contribution in [0.15, 0.2) is 0 Å². The third kappa shape index (κ3) is 4.23. The second-order valence-corrected chi connectivity index (χ2v) is 8.57. The zero-order valence-corrected chi connectivity index (χ0v) is 15.1. The van der Waals surface area contributed by atoms with E-state index in [9.17, 15) is 13.2 Å². The number of carbonyl (C=O) groups excluding carboxylic acids is 1. The van der Waals surface area contributed by atoms with Crippen LogP contribution in [0.3, 0.4) is 0 Å². The van der Waals surface area contributed by atoms with Crippen molar-refractivity contribution in [2.75, 3.05) is 59.4 Å². The molecule has 1 atom stereocenters. The average Bonchev–Trinajstić information content (AvgIpc) is 2.85. The van der Waals surface area contributed by atoms with Crippen LogP contribution in [0.2, 0.25) is 0 Å². The van der Waals surface area contributed by atoms with Gasteiger partial charge in [-0.2, -0.15) is 0 Å². The molecule has 2 heterocycles. The van der Waals surface area contributed by atoms with Crippen molar-refractivity contribution in [1.29, 1.82) is 0 Å². The molecule has 23 heavy (non-hydrogen) atoms. The molecule has 2 saturated heterocycles. The minimum Gasteiger partial charge on any atom is -0.384 e. The zero-order chi connectivity index (χ0) is 17.1. The lowest BCUT2D eigenvalue weighted by atomic mass is 9.71. The Morgan fingerprint density at radius 1 is 1.30 bits per heavy atom. The first-order valence-corrected chi connectivity index (χ1v) is 9.97. The first kappa shape index (κ1) is 18.6. The fraction of sp³-hybridized carbons (Fsp3) is 0.933. The number of amides is 1. The molecule has 0 aromatic rings. The molecule has 1 amide bonds. The van der Waals surface area contributed by atoms with Gasteiger partial charge >= 0.3 is 0 Å². The third-order valence-corrected chi connectivity index (χ3v) is 6.38. The van der Waals surface area contributed by atoms with Crippen molar-refractivity contribution < 1.29 is 22.7 Å². The van der Waals surface area contributed by atoms with Crippen LogP contribution in [0.5, 0.6) is 0 Å². The minimum atomic E-state index is -3.19. The Kier molecular flexibility index (Phi) is 6.05. The van der Waals surface area contributed by atoms with E-state index in [0.717, 1.165) is 12.8 Å². The number of ether oxygens (including phenoxy) is 2. The molecule has 2 aliphatic heterocycles. The summed E-state index contributed by atoms with van der Waals surface area (Å²) in [5, 5.41) is 0. The molecule has 0 aliphatic carbocycles. The van der Waals surface area contributed by atoms with E-state index < -0.39 is 10.0 Å². The van der Waals surface area contributed by atoms with E-state index >= 15 is 0 Å². The standard InChI is InChI=1S/C15H28N2O5S/c1-4-22-11-14(18)16-7-5-15(6-8-16)12-17(23(3,19)20)9-13(15)10-21-2/h13H,4-12H2,1-3H3. The summed E-state index contributed by atoms with van der Waals surface area (Å²) in [6.07, 6.45) is 2.88. The zero-order valence-electron chi connectivity index (χ0n) is 14.3. The lowest BCUT2D eigenvalue weighted by Gasteiger charge is -2.42. The summed E-state index contributed by atoms with van der Waals surface area (Å²) in [6.45, 7) is 5.44. The number of likely N-dealkylation sites (tertiary alicyclic amines) is 1. The quantitative estimate of drug-likeness (QED) is 0.684. The van der Waals surface area contributed by atoms with Gasteiger partial charge in [0.2, 0.25) is 15.9 Å². The summed E-state index contributed by atoms with van der Waals surface area (Å²) >= 11 is 0. The number of rotatable bonds is 6. The van der Waals surface area contributed by atoms with Crippen LogP contribution < -0.4 is 0 Å². The van der Waals surface area contributed by atoms with Gasteiger partial charge in [-0.25, -0.2) is 12.7 Å². The van der Waals surface area contributed by atoms with Gasteiger partial charge in [-0.3, -0.25) is 4.79 Å². The Morgan fingerprint density at radius 2 is 1.96 bits per heavy atom. The van der Waals surface area contributed by atoms with Gasteiger partial charge in [0.05, 0.1) is 12.9 Å². The summed E-state index contributed by atoms with van der Waals surface area (Å²) < 4.78 is 35.9. The molecule has 7 nitrogen and oxygen atoms in total. The number of methoxy groups -OCH3 is 1. The Labute approximate surface area is 139 Å². The van der Waals surface area contributed by atoms with Crippen LogP contribution in [0.1, 0.15) is 19.8 Å². The second-order valence-electron chi connectivity index (χ2n) is 6.59. The lowest BCUT2D eigenvalue weighted by molar-refractivity contribution is -0.138. The average molecular weight is 348 g/mol. The van der Waals surface area contributed by atoms with Crippen LogP contribution in [0.25, 0.3) is 0 Å². The maximum Gasteiger partial charge on any atom is 0.248 e. The molecule has 134 valence electrons. The molecule has 0 saturated carbocycles. The first-order chi connectivity index (χ1) is 10.8. The summed E-state index contributed by atoms with van der Waals surface area (Å²) in [5.41, 5.74) is -0.0819. The van der Waals surface area contributed by atoms with Gasteiger partial charge in [-0.05, 0) is 25.2 Å². The first-order valence-electron chi connectivity index (χ1n) is 8.12. The molecule has 1 spiro atoms. The minimum absolute atomic E-state index is 0.0166. The van der Waals surface area contributed by atoms with Gasteiger partial charge in [0.1, 0.15) is 6.61 Å². The third-order valence-electron chi connectivity index (χ3n) is 5.16. The van der Waals surface area contributed by atoms with E-state index in [2.05, 4.69) is 0 Å². The number of piperidine rings is 1. The topological polar surface area (TPSA) is 76.2 Å². The van der Waals surface area contributed by atoms with E-state index in [0.29, 0.717) is 39.4 Å². The van der Waals surface area contributed by atoms with Gasteiger partial charge in [-0.15, -0.1) is 0 Å². The van der Waals surface area contributed by atoms with Crippen molar-refractivity contribution in [1.82, 2.24) is 9.21 Å². The molecule has 0 radical (unpaired) electrons. The van der Waals surface area contributed by atoms with E-state index in [1.807, 2.05) is 11.8 Å². The highest BCUT2D eigenvalue weighted by molar-refractivity contribution is 7.88. The van der Waals surface area contributed by atoms with Gasteiger partial charge in [-0.1, -0.05) is 0 Å². The summed E-state index contributed by atoms with van der Waals surface area (Å²) in [6, 6.07) is 0. The predicted octanol–water partition coefficient (Wildman–Crippen LogP) is 0.170. The van der Waals surface area contributed by atoms with Crippen molar-refractivity contribution in [2.45, 2.75) is 19.8 Å². The van der Waals surface area contributed by atoms with Crippen LogP contribution in [-0.2, 0) is 24.3 Å². The van der Waals surface area contributed by atoms with E-state index in [-0.39, 0.29) is 23.8 Å². The van der Waals surface area contributed by atoms with Gasteiger partial charge < -0.3 is 14.4 Å². The van der Waals surface area contributed by atoms with Crippen LogP contribution >= 0.6 is 0 Å². The van der Waals surface area contributed by atoms with Crippen LogP contribution in [-0.4, -0.2) is 82.9 Å². The smallest absolute Gasteiger partial charge is 0.248 e. The molecule has 2 aliphatic rings. The fourth-order valence-corrected chi connectivity index (χ4v) is 4.66. The fourth-order valence-electron chi connectivity index (χ4n) is 3.72. The van der Waals surface area contributed by atoms with Crippen molar-refractivity contribution in [3.05, 3.63) is 0 Å². The maximum absolute atomic E-state index is 12.1. The molecule has 0 N–H and O–H groups in total. The lowest BCUT2D eigenvalue weighted by Crippen LogP contribution is -2.48. The van der Waals surface area contributed by atoms with Crippen LogP contribution in [0.4, 0.5) is 0 Å². The Morgan fingerprint density at radius 3 is 2.48 bits per heavy atom. The Balaban J connectivity index is 2.03. The van der Waals surface area contributed by atoms with Crippen molar-refractivity contribution in [3.63, 3.8) is 0 Å². The van der Waals surface area contributed by atoms with E-state index in [4.69, 9.17) is 9.47 Å². The van der Waals surface area contributed by atoms with Crippen LogP contribution in [0, 0.1) is 11.3 Å². The molecule has 0 aromatic heterocycles. The maximum atomic E-state index is 12.1. The number of hydrogen-bond acceptors (Lipinski definition) is 5. The molecular formula is C15H28N2O5S. The SMILES string of the molecule is CCOCC(=O)N1CCC2(CC1)CN(S(C)(=O)=O)CC2COC. The molecule has 1 unspecified atom stereocenters. The number of sulfonamides is 1. The molecule has 2 rings (SSSR count).